The van der Waals surface area contributed by atoms with Crippen LogP contribution in [0, 0.1) is 13.8 Å². The molecule has 1 amide bonds. The van der Waals surface area contributed by atoms with Gasteiger partial charge in [0, 0.05) is 14.7 Å². The Labute approximate surface area is 150 Å². The predicted octanol–water partition coefficient (Wildman–Crippen LogP) is 4.80. The monoisotopic (exact) mass is 407 g/mol. The highest BCUT2D eigenvalue weighted by Gasteiger charge is 2.14. The zero-order valence-corrected chi connectivity index (χ0v) is 15.8. The number of nitrogens with one attached hydrogen (secondary N) is 1. The van der Waals surface area contributed by atoms with Crippen molar-refractivity contribution in [3.63, 3.8) is 0 Å². The van der Waals surface area contributed by atoms with Gasteiger partial charge in [-0.15, -0.1) is 11.3 Å². The zero-order chi connectivity index (χ0) is 16.4. The van der Waals surface area contributed by atoms with E-state index in [1.807, 2.05) is 24.3 Å². The maximum atomic E-state index is 12.2. The number of rotatable bonds is 4. The van der Waals surface area contributed by atoms with Gasteiger partial charge in [0.1, 0.15) is 16.2 Å². The second-order valence-electron chi connectivity index (χ2n) is 4.96. The number of nitrogens with zero attached hydrogens (tertiary/aromatic N) is 2. The fraction of sp³-hybridized carbons (Fsp3) is 0.188. The minimum atomic E-state index is -0.0572. The number of hydrogen-bond donors (Lipinski definition) is 1. The molecular weight excluding hydrogens is 394 g/mol. The molecule has 2 heterocycles. The van der Waals surface area contributed by atoms with Crippen LogP contribution < -0.4 is 5.32 Å². The first kappa shape index (κ1) is 16.4. The summed E-state index contributed by atoms with van der Waals surface area (Å²) in [6, 6.07) is 7.56. The quantitative estimate of drug-likeness (QED) is 0.498. The van der Waals surface area contributed by atoms with Gasteiger partial charge in [-0.2, -0.15) is 0 Å². The number of hydrogen-bond acceptors (Lipinski definition) is 5. The van der Waals surface area contributed by atoms with E-state index in [9.17, 15) is 4.79 Å². The van der Waals surface area contributed by atoms with Crippen LogP contribution in [-0.4, -0.2) is 21.6 Å². The number of anilines is 1. The van der Waals surface area contributed by atoms with Gasteiger partial charge in [-0.05, 0) is 47.5 Å². The van der Waals surface area contributed by atoms with Gasteiger partial charge in [0.15, 0.2) is 0 Å². The average molecular weight is 408 g/mol. The molecule has 0 aliphatic heterocycles. The summed E-state index contributed by atoms with van der Waals surface area (Å²) in [5.74, 6) is 0.250. The van der Waals surface area contributed by atoms with E-state index < -0.39 is 0 Å². The van der Waals surface area contributed by atoms with Crippen LogP contribution in [-0.2, 0) is 4.79 Å². The van der Waals surface area contributed by atoms with Gasteiger partial charge < -0.3 is 5.32 Å². The Morgan fingerprint density at radius 2 is 2.09 bits per heavy atom. The molecule has 0 bridgehead atoms. The smallest absolute Gasteiger partial charge is 0.234 e. The maximum absolute atomic E-state index is 12.2. The Morgan fingerprint density at radius 3 is 2.87 bits per heavy atom. The SMILES string of the molecule is Cc1sc2ncnc(SCC(=O)Nc3ccccc3Br)c2c1C. The van der Waals surface area contributed by atoms with Crippen LogP contribution in [0.3, 0.4) is 0 Å². The topological polar surface area (TPSA) is 54.9 Å². The molecule has 0 aliphatic carbocycles. The molecule has 3 aromatic rings. The van der Waals surface area contributed by atoms with Gasteiger partial charge in [0.05, 0.1) is 11.4 Å². The summed E-state index contributed by atoms with van der Waals surface area (Å²) < 4.78 is 0.868. The lowest BCUT2D eigenvalue weighted by atomic mass is 10.2. The zero-order valence-electron chi connectivity index (χ0n) is 12.6. The third-order valence-electron chi connectivity index (χ3n) is 3.42. The minimum Gasteiger partial charge on any atom is -0.324 e. The third kappa shape index (κ3) is 3.57. The molecule has 0 spiro atoms. The molecule has 118 valence electrons. The summed E-state index contributed by atoms with van der Waals surface area (Å²) in [6.07, 6.45) is 1.56. The molecule has 7 heteroatoms. The van der Waals surface area contributed by atoms with E-state index in [1.165, 1.54) is 22.2 Å². The number of halogens is 1. The molecule has 0 atom stereocenters. The van der Waals surface area contributed by atoms with E-state index in [1.54, 1.807) is 17.7 Å². The first-order valence-electron chi connectivity index (χ1n) is 6.94. The molecule has 1 N–H and O–H groups in total. The second kappa shape index (κ2) is 6.98. The second-order valence-corrected chi connectivity index (χ2v) is 7.98. The van der Waals surface area contributed by atoms with Crippen molar-refractivity contribution < 1.29 is 4.79 Å². The highest BCUT2D eigenvalue weighted by atomic mass is 79.9. The number of aryl methyl sites for hydroxylation is 2. The normalized spacial score (nSPS) is 10.9. The number of carbonyl (C=O) groups is 1. The molecular formula is C16H14BrN3OS2. The summed E-state index contributed by atoms with van der Waals surface area (Å²) >= 11 is 6.52. The van der Waals surface area contributed by atoms with Crippen LogP contribution in [0.1, 0.15) is 10.4 Å². The van der Waals surface area contributed by atoms with Crippen LogP contribution in [0.25, 0.3) is 10.2 Å². The number of amides is 1. The summed E-state index contributed by atoms with van der Waals surface area (Å²) in [7, 11) is 0. The lowest BCUT2D eigenvalue weighted by Crippen LogP contribution is -2.14. The highest BCUT2D eigenvalue weighted by molar-refractivity contribution is 9.10. The number of thiophene rings is 1. The summed E-state index contributed by atoms with van der Waals surface area (Å²) in [5.41, 5.74) is 1.97. The van der Waals surface area contributed by atoms with Crippen LogP contribution in [0.5, 0.6) is 0 Å². The van der Waals surface area contributed by atoms with Gasteiger partial charge >= 0.3 is 0 Å². The van der Waals surface area contributed by atoms with E-state index in [0.29, 0.717) is 5.75 Å². The van der Waals surface area contributed by atoms with E-state index in [0.717, 1.165) is 25.4 Å². The van der Waals surface area contributed by atoms with Crippen molar-refractivity contribution in [2.45, 2.75) is 18.9 Å². The number of benzene rings is 1. The van der Waals surface area contributed by atoms with Crippen molar-refractivity contribution >= 4 is 60.8 Å². The van der Waals surface area contributed by atoms with Crippen LogP contribution >= 0.6 is 39.0 Å². The summed E-state index contributed by atoms with van der Waals surface area (Å²) in [5, 5.41) is 4.82. The highest BCUT2D eigenvalue weighted by Crippen LogP contribution is 2.34. The maximum Gasteiger partial charge on any atom is 0.234 e. The number of para-hydroxylation sites is 1. The van der Waals surface area contributed by atoms with E-state index in [2.05, 4.69) is 45.1 Å². The van der Waals surface area contributed by atoms with Crippen molar-refractivity contribution in [2.75, 3.05) is 11.1 Å². The number of aromatic nitrogens is 2. The van der Waals surface area contributed by atoms with Crippen molar-refractivity contribution in [3.05, 3.63) is 45.5 Å². The molecule has 0 radical (unpaired) electrons. The first-order chi connectivity index (χ1) is 11.1. The molecule has 3 rings (SSSR count). The van der Waals surface area contributed by atoms with Gasteiger partial charge in [0.2, 0.25) is 5.91 Å². The van der Waals surface area contributed by atoms with Gasteiger partial charge in [0.25, 0.3) is 0 Å². The molecule has 2 aromatic heterocycles. The van der Waals surface area contributed by atoms with Crippen LogP contribution in [0.15, 0.2) is 40.1 Å². The molecule has 4 nitrogen and oxygen atoms in total. The number of thioether (sulfide) groups is 1. The summed E-state index contributed by atoms with van der Waals surface area (Å²) in [4.78, 5) is 23.0. The van der Waals surface area contributed by atoms with Crippen LogP contribution in [0.4, 0.5) is 5.69 Å². The Bertz CT molecular complexity index is 879. The average Bonchev–Trinajstić information content (AvgIpc) is 2.83. The molecule has 0 fully saturated rings. The molecule has 0 unspecified atom stereocenters. The molecule has 0 saturated heterocycles. The van der Waals surface area contributed by atoms with E-state index in [4.69, 9.17) is 0 Å². The third-order valence-corrected chi connectivity index (χ3v) is 6.21. The Hall–Kier alpha value is -1.44. The predicted molar refractivity (Wildman–Crippen MR) is 100 cm³/mol. The van der Waals surface area contributed by atoms with Crippen molar-refractivity contribution in [2.24, 2.45) is 0 Å². The van der Waals surface area contributed by atoms with Gasteiger partial charge in [-0.3, -0.25) is 4.79 Å². The summed E-state index contributed by atoms with van der Waals surface area (Å²) in [6.45, 7) is 4.15. The van der Waals surface area contributed by atoms with Crippen LogP contribution in [0.2, 0.25) is 0 Å². The van der Waals surface area contributed by atoms with Crippen molar-refractivity contribution in [1.29, 1.82) is 0 Å². The standard InChI is InChI=1S/C16H14BrN3OS2/c1-9-10(2)23-16-14(9)15(18-8-19-16)22-7-13(21)20-12-6-4-3-5-11(12)17/h3-6,8H,7H2,1-2H3,(H,20,21). The Balaban J connectivity index is 1.74. The largest absolute Gasteiger partial charge is 0.324 e. The van der Waals surface area contributed by atoms with Crippen molar-refractivity contribution in [3.8, 4) is 0 Å². The molecule has 1 aromatic carbocycles. The lowest BCUT2D eigenvalue weighted by molar-refractivity contribution is -0.113. The minimum absolute atomic E-state index is 0.0572. The molecule has 0 aliphatic rings. The van der Waals surface area contributed by atoms with Crippen molar-refractivity contribution in [1.82, 2.24) is 9.97 Å². The fourth-order valence-corrected chi connectivity index (χ4v) is 4.44. The van der Waals surface area contributed by atoms with Gasteiger partial charge in [-0.1, -0.05) is 23.9 Å². The van der Waals surface area contributed by atoms with E-state index >= 15 is 0 Å². The Morgan fingerprint density at radius 1 is 1.30 bits per heavy atom. The number of fused-ring (bicyclic) bond motifs is 1. The van der Waals surface area contributed by atoms with E-state index in [-0.39, 0.29) is 5.91 Å². The number of carbonyl (C=O) groups excluding carboxylic acids is 1. The first-order valence-corrected chi connectivity index (χ1v) is 9.53. The molecule has 23 heavy (non-hydrogen) atoms. The lowest BCUT2D eigenvalue weighted by Gasteiger charge is -2.07. The fourth-order valence-electron chi connectivity index (χ4n) is 2.14. The molecule has 0 saturated carbocycles. The Kier molecular flexibility index (Phi) is 4.99. The van der Waals surface area contributed by atoms with Gasteiger partial charge in [-0.25, -0.2) is 9.97 Å².